The summed E-state index contributed by atoms with van der Waals surface area (Å²) in [5.41, 5.74) is 1.25. The highest BCUT2D eigenvalue weighted by Crippen LogP contribution is 2.40. The molecule has 150 valence electrons. The maximum absolute atomic E-state index is 12.9. The highest BCUT2D eigenvalue weighted by Gasteiger charge is 2.34. The lowest BCUT2D eigenvalue weighted by Gasteiger charge is -2.24. The second kappa shape index (κ2) is 6.87. The maximum atomic E-state index is 12.9. The molecule has 29 heavy (non-hydrogen) atoms. The van der Waals surface area contributed by atoms with Crippen molar-refractivity contribution < 1.29 is 22.7 Å². The van der Waals surface area contributed by atoms with Crippen LogP contribution in [0.5, 0.6) is 5.88 Å². The number of nitrogens with one attached hydrogen (secondary N) is 1. The van der Waals surface area contributed by atoms with E-state index in [2.05, 4.69) is 20.6 Å². The van der Waals surface area contributed by atoms with Gasteiger partial charge < -0.3 is 10.1 Å². The number of carbonyl (C=O) groups excluding carboxylic acids is 1. The van der Waals surface area contributed by atoms with Crippen molar-refractivity contribution in [1.29, 1.82) is 0 Å². The number of carbonyl (C=O) groups is 1. The minimum atomic E-state index is -4.42. The predicted octanol–water partition coefficient (Wildman–Crippen LogP) is 3.47. The van der Waals surface area contributed by atoms with Crippen molar-refractivity contribution in [1.82, 2.24) is 20.0 Å². The van der Waals surface area contributed by atoms with Crippen LogP contribution < -0.4 is 10.1 Å². The van der Waals surface area contributed by atoms with Crippen LogP contribution in [0.1, 0.15) is 34.7 Å². The van der Waals surface area contributed by atoms with Crippen molar-refractivity contribution in [2.45, 2.75) is 25.4 Å². The first-order valence-electron chi connectivity index (χ1n) is 8.72. The van der Waals surface area contributed by atoms with Crippen LogP contribution in [-0.4, -0.2) is 33.0 Å². The molecule has 1 amide bonds. The fraction of sp³-hybridized carbons (Fsp3) is 0.263. The Hall–Kier alpha value is -3.43. The third-order valence-corrected chi connectivity index (χ3v) is 4.80. The Morgan fingerprint density at radius 1 is 1.14 bits per heavy atom. The Kier molecular flexibility index (Phi) is 4.48. The third-order valence-electron chi connectivity index (χ3n) is 4.80. The molecule has 0 unspecified atom stereocenters. The molecule has 2 aromatic heterocycles. The monoisotopic (exact) mass is 403 g/mol. The summed E-state index contributed by atoms with van der Waals surface area (Å²) in [6.07, 6.45) is -4.30. The molecule has 1 aliphatic heterocycles. The normalized spacial score (nSPS) is 16.3. The average Bonchev–Trinajstić information content (AvgIpc) is 3.03. The van der Waals surface area contributed by atoms with Gasteiger partial charge in [0.25, 0.3) is 0 Å². The van der Waals surface area contributed by atoms with Crippen molar-refractivity contribution in [2.24, 2.45) is 0 Å². The van der Waals surface area contributed by atoms with Gasteiger partial charge in [0.2, 0.25) is 11.8 Å². The van der Waals surface area contributed by atoms with Gasteiger partial charge >= 0.3 is 6.18 Å². The topological polar surface area (TPSA) is 81.9 Å². The Morgan fingerprint density at radius 3 is 2.45 bits per heavy atom. The molecular formula is C19H16F3N5O2. The minimum Gasteiger partial charge on any atom is -0.480 e. The van der Waals surface area contributed by atoms with E-state index in [4.69, 9.17) is 4.74 Å². The Morgan fingerprint density at radius 2 is 1.86 bits per heavy atom. The number of fused-ring (bicyclic) bond motifs is 1. The van der Waals surface area contributed by atoms with E-state index >= 15 is 0 Å². The van der Waals surface area contributed by atoms with Gasteiger partial charge in [-0.2, -0.15) is 23.0 Å². The molecule has 3 heterocycles. The third kappa shape index (κ3) is 3.41. The number of rotatable bonds is 3. The quantitative estimate of drug-likeness (QED) is 0.724. The summed E-state index contributed by atoms with van der Waals surface area (Å²) in [5.74, 6) is 0.468. The number of hydrogen-bond acceptors (Lipinski definition) is 5. The first-order valence-corrected chi connectivity index (χ1v) is 8.72. The number of halogens is 3. The van der Waals surface area contributed by atoms with Crippen molar-refractivity contribution in [3.05, 3.63) is 58.8 Å². The molecule has 0 fully saturated rings. The summed E-state index contributed by atoms with van der Waals surface area (Å²) in [6.45, 7) is 1.78. The zero-order chi connectivity index (χ0) is 20.8. The number of methoxy groups -OCH3 is 1. The number of anilines is 1. The number of hydrogen-bond donors (Lipinski definition) is 1. The molecule has 10 heteroatoms. The van der Waals surface area contributed by atoms with Crippen LogP contribution in [0.4, 0.5) is 19.0 Å². The van der Waals surface area contributed by atoms with Crippen molar-refractivity contribution in [3.63, 3.8) is 0 Å². The summed E-state index contributed by atoms with van der Waals surface area (Å²) in [4.78, 5) is 12.3. The number of ether oxygens (including phenoxy) is 1. The lowest BCUT2D eigenvalue weighted by molar-refractivity contribution is -0.137. The van der Waals surface area contributed by atoms with Gasteiger partial charge in [0.05, 0.1) is 18.4 Å². The summed E-state index contributed by atoms with van der Waals surface area (Å²) in [6, 6.07) is 8.11. The minimum absolute atomic E-state index is 0.110. The number of alkyl halides is 3. The summed E-state index contributed by atoms with van der Waals surface area (Å²) < 4.78 is 45.1. The van der Waals surface area contributed by atoms with Gasteiger partial charge in [-0.15, -0.1) is 10.2 Å². The van der Waals surface area contributed by atoms with E-state index in [0.717, 1.165) is 17.7 Å². The molecule has 0 saturated heterocycles. The zero-order valence-electron chi connectivity index (χ0n) is 15.5. The molecule has 0 spiro atoms. The molecule has 0 saturated carbocycles. The first kappa shape index (κ1) is 18.9. The van der Waals surface area contributed by atoms with Gasteiger partial charge in [-0.25, -0.2) is 0 Å². The standard InChI is InChI=1S/C19H16F3N5O2/c1-10-17-13(11-3-5-12(6-4-11)19(20,21)22)9-15(28)23-18(17)27(26-10)14-7-8-16(29-2)25-24-14/h3-8,13H,9H2,1-2H3,(H,23,28)/t13-/m0/s1. The summed E-state index contributed by atoms with van der Waals surface area (Å²) in [5, 5.41) is 15.2. The Labute approximate surface area is 163 Å². The van der Waals surface area contributed by atoms with Crippen LogP contribution in [0.25, 0.3) is 5.82 Å². The number of benzene rings is 1. The molecule has 1 atom stereocenters. The van der Waals surface area contributed by atoms with E-state index in [0.29, 0.717) is 28.8 Å². The molecule has 1 aromatic carbocycles. The van der Waals surface area contributed by atoms with E-state index < -0.39 is 17.7 Å². The predicted molar refractivity (Wildman–Crippen MR) is 97.0 cm³/mol. The molecule has 0 aliphatic carbocycles. The smallest absolute Gasteiger partial charge is 0.416 e. The van der Waals surface area contributed by atoms with E-state index in [1.165, 1.54) is 23.9 Å². The number of aryl methyl sites for hydroxylation is 1. The van der Waals surface area contributed by atoms with Crippen LogP contribution in [0.3, 0.4) is 0 Å². The van der Waals surface area contributed by atoms with Crippen LogP contribution in [-0.2, 0) is 11.0 Å². The SMILES string of the molecule is COc1ccc(-n2nc(C)c3c2NC(=O)C[C@H]3c2ccc(C(F)(F)F)cc2)nn1. The molecule has 7 nitrogen and oxygen atoms in total. The van der Waals surface area contributed by atoms with E-state index in [1.807, 2.05) is 0 Å². The van der Waals surface area contributed by atoms with Crippen LogP contribution in [0.15, 0.2) is 36.4 Å². The number of amides is 1. The molecular weight excluding hydrogens is 387 g/mol. The van der Waals surface area contributed by atoms with Crippen LogP contribution >= 0.6 is 0 Å². The van der Waals surface area contributed by atoms with Crippen LogP contribution in [0, 0.1) is 6.92 Å². The van der Waals surface area contributed by atoms with Gasteiger partial charge in [0.1, 0.15) is 5.82 Å². The summed E-state index contributed by atoms with van der Waals surface area (Å²) >= 11 is 0. The molecule has 3 aromatic rings. The second-order valence-corrected chi connectivity index (χ2v) is 6.62. The maximum Gasteiger partial charge on any atom is 0.416 e. The lowest BCUT2D eigenvalue weighted by atomic mass is 9.85. The van der Waals surface area contributed by atoms with Crippen LogP contribution in [0.2, 0.25) is 0 Å². The number of nitrogens with zero attached hydrogens (tertiary/aromatic N) is 4. The molecule has 1 aliphatic rings. The molecule has 0 bridgehead atoms. The lowest BCUT2D eigenvalue weighted by Crippen LogP contribution is -2.25. The van der Waals surface area contributed by atoms with Gasteiger partial charge in [-0.1, -0.05) is 12.1 Å². The molecule has 1 N–H and O–H groups in total. The largest absolute Gasteiger partial charge is 0.480 e. The fourth-order valence-corrected chi connectivity index (χ4v) is 3.44. The summed E-state index contributed by atoms with van der Waals surface area (Å²) in [7, 11) is 1.47. The first-order chi connectivity index (χ1) is 13.8. The van der Waals surface area contributed by atoms with Gasteiger partial charge in [-0.3, -0.25) is 4.79 Å². The van der Waals surface area contributed by atoms with Gasteiger partial charge in [-0.05, 0) is 30.7 Å². The average molecular weight is 403 g/mol. The van der Waals surface area contributed by atoms with Crippen molar-refractivity contribution in [3.8, 4) is 11.7 Å². The van der Waals surface area contributed by atoms with E-state index in [-0.39, 0.29) is 12.3 Å². The highest BCUT2D eigenvalue weighted by molar-refractivity contribution is 5.95. The van der Waals surface area contributed by atoms with Gasteiger partial charge in [0.15, 0.2) is 5.82 Å². The zero-order valence-corrected chi connectivity index (χ0v) is 15.5. The number of aromatic nitrogens is 4. The molecule has 4 rings (SSSR count). The Bertz CT molecular complexity index is 1060. The molecule has 0 radical (unpaired) electrons. The fourth-order valence-electron chi connectivity index (χ4n) is 3.44. The highest BCUT2D eigenvalue weighted by atomic mass is 19.4. The van der Waals surface area contributed by atoms with E-state index in [9.17, 15) is 18.0 Å². The van der Waals surface area contributed by atoms with Crippen molar-refractivity contribution in [2.75, 3.05) is 12.4 Å². The second-order valence-electron chi connectivity index (χ2n) is 6.62. The van der Waals surface area contributed by atoms with Crippen molar-refractivity contribution >= 4 is 11.7 Å². The Balaban J connectivity index is 1.77. The van der Waals surface area contributed by atoms with Gasteiger partial charge in [0, 0.05) is 24.0 Å². The van der Waals surface area contributed by atoms with E-state index in [1.54, 1.807) is 19.1 Å².